The van der Waals surface area contributed by atoms with Crippen molar-refractivity contribution in [1.82, 2.24) is 20.2 Å². The minimum absolute atomic E-state index is 0.120. The summed E-state index contributed by atoms with van der Waals surface area (Å²) in [6.07, 6.45) is 1.47. The van der Waals surface area contributed by atoms with Gasteiger partial charge in [0.2, 0.25) is 0 Å². The Labute approximate surface area is 141 Å². The molecule has 3 rings (SSSR count). The van der Waals surface area contributed by atoms with Crippen LogP contribution in [0.2, 0.25) is 5.02 Å². The number of halogens is 2. The molecule has 2 aromatic carbocycles. The third-order valence-electron chi connectivity index (χ3n) is 3.03. The van der Waals surface area contributed by atoms with Crippen molar-refractivity contribution in [3.05, 3.63) is 59.6 Å². The summed E-state index contributed by atoms with van der Waals surface area (Å²) < 4.78 is 19.8. The Bertz CT molecular complexity index is 840. The number of nitrogens with one attached hydrogen (secondary N) is 1. The van der Waals surface area contributed by atoms with Gasteiger partial charge in [0, 0.05) is 0 Å². The van der Waals surface area contributed by atoms with Gasteiger partial charge in [-0.1, -0.05) is 11.6 Å². The van der Waals surface area contributed by atoms with Crippen LogP contribution in [0, 0.1) is 5.82 Å². The summed E-state index contributed by atoms with van der Waals surface area (Å²) in [5.74, 6) is -0.378. The van der Waals surface area contributed by atoms with Crippen LogP contribution in [0.5, 0.6) is 5.75 Å². The first kappa shape index (κ1) is 15.9. The van der Waals surface area contributed by atoms with Crippen molar-refractivity contribution in [2.24, 2.45) is 0 Å². The van der Waals surface area contributed by atoms with E-state index in [1.54, 1.807) is 24.3 Å². The SMILES string of the molecule is O=C(COc1ccc(-n2cnnn2)cc1)Nc1ccc(F)cc1Cl. The van der Waals surface area contributed by atoms with Crippen molar-refractivity contribution in [3.63, 3.8) is 0 Å². The van der Waals surface area contributed by atoms with E-state index in [1.165, 1.54) is 23.1 Å². The number of nitrogens with zero attached hydrogens (tertiary/aromatic N) is 4. The lowest BCUT2D eigenvalue weighted by Crippen LogP contribution is -2.20. The molecule has 122 valence electrons. The van der Waals surface area contributed by atoms with Gasteiger partial charge in [-0.15, -0.1) is 5.10 Å². The first-order chi connectivity index (χ1) is 11.6. The zero-order valence-corrected chi connectivity index (χ0v) is 12.9. The second-order valence-electron chi connectivity index (χ2n) is 4.71. The molecule has 0 saturated heterocycles. The number of hydrogen-bond donors (Lipinski definition) is 1. The number of carbonyl (C=O) groups excluding carboxylic acids is 1. The van der Waals surface area contributed by atoms with Gasteiger partial charge in [-0.2, -0.15) is 0 Å². The zero-order valence-electron chi connectivity index (χ0n) is 12.2. The summed E-state index contributed by atoms with van der Waals surface area (Å²) in [6, 6.07) is 10.6. The third kappa shape index (κ3) is 3.85. The van der Waals surface area contributed by atoms with Crippen LogP contribution in [0.4, 0.5) is 10.1 Å². The number of carbonyl (C=O) groups is 1. The second-order valence-corrected chi connectivity index (χ2v) is 5.12. The van der Waals surface area contributed by atoms with Crippen molar-refractivity contribution in [3.8, 4) is 11.4 Å². The Balaban J connectivity index is 1.56. The van der Waals surface area contributed by atoms with Crippen molar-refractivity contribution in [1.29, 1.82) is 0 Å². The number of anilines is 1. The van der Waals surface area contributed by atoms with E-state index in [4.69, 9.17) is 16.3 Å². The van der Waals surface area contributed by atoms with Gasteiger partial charge in [-0.25, -0.2) is 9.07 Å². The Morgan fingerprint density at radius 1 is 1.25 bits per heavy atom. The smallest absolute Gasteiger partial charge is 0.262 e. The van der Waals surface area contributed by atoms with Gasteiger partial charge in [-0.05, 0) is 52.9 Å². The van der Waals surface area contributed by atoms with Crippen molar-refractivity contribution >= 4 is 23.2 Å². The molecule has 0 atom stereocenters. The molecular weight excluding hydrogens is 337 g/mol. The fourth-order valence-corrected chi connectivity index (χ4v) is 2.12. The molecule has 1 N–H and O–H groups in total. The summed E-state index contributed by atoms with van der Waals surface area (Å²) in [5, 5.41) is 13.5. The lowest BCUT2D eigenvalue weighted by molar-refractivity contribution is -0.118. The number of benzene rings is 2. The number of amides is 1. The summed E-state index contributed by atoms with van der Waals surface area (Å²) in [7, 11) is 0. The van der Waals surface area contributed by atoms with Gasteiger partial charge in [0.1, 0.15) is 17.9 Å². The van der Waals surface area contributed by atoms with E-state index in [0.29, 0.717) is 11.4 Å². The standard InChI is InChI=1S/C15H11ClFN5O2/c16-13-7-10(17)1-6-14(13)19-15(23)8-24-12-4-2-11(3-5-12)22-9-18-20-21-22/h1-7,9H,8H2,(H,19,23). The van der Waals surface area contributed by atoms with E-state index in [2.05, 4.69) is 20.8 Å². The molecule has 0 saturated carbocycles. The van der Waals surface area contributed by atoms with Gasteiger partial charge in [-0.3, -0.25) is 4.79 Å². The molecule has 0 bridgehead atoms. The maximum Gasteiger partial charge on any atom is 0.262 e. The van der Waals surface area contributed by atoms with Crippen molar-refractivity contribution < 1.29 is 13.9 Å². The molecule has 1 aromatic heterocycles. The normalized spacial score (nSPS) is 10.4. The van der Waals surface area contributed by atoms with E-state index >= 15 is 0 Å². The van der Waals surface area contributed by atoms with Crippen LogP contribution in [-0.2, 0) is 4.79 Å². The minimum Gasteiger partial charge on any atom is -0.484 e. The summed E-state index contributed by atoms with van der Waals surface area (Å²) >= 11 is 5.84. The maximum absolute atomic E-state index is 13.0. The number of aromatic nitrogens is 4. The summed E-state index contributed by atoms with van der Waals surface area (Å²) in [5.41, 5.74) is 1.08. The highest BCUT2D eigenvalue weighted by atomic mass is 35.5. The largest absolute Gasteiger partial charge is 0.484 e. The second kappa shape index (κ2) is 7.05. The van der Waals surface area contributed by atoms with Crippen LogP contribution < -0.4 is 10.1 Å². The molecule has 24 heavy (non-hydrogen) atoms. The Morgan fingerprint density at radius 3 is 2.71 bits per heavy atom. The van der Waals surface area contributed by atoms with E-state index in [9.17, 15) is 9.18 Å². The highest BCUT2D eigenvalue weighted by molar-refractivity contribution is 6.33. The van der Waals surface area contributed by atoms with Crippen LogP contribution in [0.3, 0.4) is 0 Å². The van der Waals surface area contributed by atoms with Gasteiger partial charge < -0.3 is 10.1 Å². The van der Waals surface area contributed by atoms with Crippen LogP contribution in [0.1, 0.15) is 0 Å². The fraction of sp³-hybridized carbons (Fsp3) is 0.0667. The van der Waals surface area contributed by atoms with E-state index in [-0.39, 0.29) is 11.6 Å². The average Bonchev–Trinajstić information content (AvgIpc) is 3.11. The number of tetrazole rings is 1. The van der Waals surface area contributed by atoms with E-state index < -0.39 is 11.7 Å². The molecule has 1 amide bonds. The van der Waals surface area contributed by atoms with Gasteiger partial charge in [0.05, 0.1) is 16.4 Å². The highest BCUT2D eigenvalue weighted by Gasteiger charge is 2.08. The highest BCUT2D eigenvalue weighted by Crippen LogP contribution is 2.22. The number of rotatable bonds is 5. The molecule has 7 nitrogen and oxygen atoms in total. The third-order valence-corrected chi connectivity index (χ3v) is 3.34. The Morgan fingerprint density at radius 2 is 2.04 bits per heavy atom. The van der Waals surface area contributed by atoms with Crippen LogP contribution in [-0.4, -0.2) is 32.7 Å². The molecule has 1 heterocycles. The molecule has 0 aliphatic heterocycles. The molecule has 3 aromatic rings. The monoisotopic (exact) mass is 347 g/mol. The van der Waals surface area contributed by atoms with Crippen molar-refractivity contribution in [2.75, 3.05) is 11.9 Å². The number of ether oxygens (including phenoxy) is 1. The minimum atomic E-state index is -0.475. The lowest BCUT2D eigenvalue weighted by Gasteiger charge is -2.09. The zero-order chi connectivity index (χ0) is 16.9. The molecule has 0 spiro atoms. The van der Waals surface area contributed by atoms with Crippen LogP contribution in [0.15, 0.2) is 48.8 Å². The lowest BCUT2D eigenvalue weighted by atomic mass is 10.3. The first-order valence-electron chi connectivity index (χ1n) is 6.83. The maximum atomic E-state index is 13.0. The molecule has 0 aliphatic rings. The molecule has 0 radical (unpaired) electrons. The quantitative estimate of drug-likeness (QED) is 0.766. The molecular formula is C15H11ClFN5O2. The topological polar surface area (TPSA) is 81.9 Å². The Kier molecular flexibility index (Phi) is 4.66. The van der Waals surface area contributed by atoms with Crippen LogP contribution >= 0.6 is 11.6 Å². The first-order valence-corrected chi connectivity index (χ1v) is 7.21. The predicted octanol–water partition coefficient (Wildman–Crippen LogP) is 2.47. The number of hydrogen-bond acceptors (Lipinski definition) is 5. The van der Waals surface area contributed by atoms with E-state index in [0.717, 1.165) is 11.8 Å². The molecule has 0 fully saturated rings. The Hall–Kier alpha value is -3.00. The fourth-order valence-electron chi connectivity index (χ4n) is 1.90. The predicted molar refractivity (Wildman–Crippen MR) is 84.7 cm³/mol. The van der Waals surface area contributed by atoms with Crippen molar-refractivity contribution in [2.45, 2.75) is 0 Å². The van der Waals surface area contributed by atoms with Gasteiger partial charge in [0.25, 0.3) is 5.91 Å². The molecule has 0 unspecified atom stereocenters. The summed E-state index contributed by atoms with van der Waals surface area (Å²) in [6.45, 7) is -0.210. The van der Waals surface area contributed by atoms with Crippen LogP contribution in [0.25, 0.3) is 5.69 Å². The average molecular weight is 348 g/mol. The molecule has 0 aliphatic carbocycles. The summed E-state index contributed by atoms with van der Waals surface area (Å²) in [4.78, 5) is 11.9. The van der Waals surface area contributed by atoms with Gasteiger partial charge in [0.15, 0.2) is 6.61 Å². The molecule has 9 heteroatoms. The van der Waals surface area contributed by atoms with E-state index in [1.807, 2.05) is 0 Å². The van der Waals surface area contributed by atoms with Gasteiger partial charge >= 0.3 is 0 Å².